The van der Waals surface area contributed by atoms with Crippen LogP contribution in [0.4, 0.5) is 14.5 Å². The number of ketones is 1. The minimum Gasteiger partial charge on any atom is -0.298 e. The zero-order valence-corrected chi connectivity index (χ0v) is 21.2. The average molecular weight is 502 g/mol. The van der Waals surface area contributed by atoms with Gasteiger partial charge in [0.2, 0.25) is 0 Å². The minimum absolute atomic E-state index is 0.118. The fourth-order valence-corrected chi connectivity index (χ4v) is 4.97. The number of hydrazone groups is 1. The lowest BCUT2D eigenvalue weighted by Gasteiger charge is -2.18. The van der Waals surface area contributed by atoms with Crippen molar-refractivity contribution in [1.82, 2.24) is 4.98 Å². The number of anilines is 1. The summed E-state index contributed by atoms with van der Waals surface area (Å²) in [5, 5.41) is 5.75. The van der Waals surface area contributed by atoms with Gasteiger partial charge in [-0.25, -0.2) is 8.78 Å². The van der Waals surface area contributed by atoms with Gasteiger partial charge < -0.3 is 0 Å². The molecule has 0 bridgehead atoms. The molecule has 1 aromatic heterocycles. The molecule has 0 spiro atoms. The molecule has 2 aromatic carbocycles. The Bertz CT molecular complexity index is 1410. The van der Waals surface area contributed by atoms with Crippen LogP contribution >= 0.6 is 0 Å². The first-order valence-corrected chi connectivity index (χ1v) is 12.6. The molecule has 5 rings (SSSR count). The molecule has 1 saturated carbocycles. The van der Waals surface area contributed by atoms with E-state index in [9.17, 15) is 18.4 Å². The number of pyridine rings is 1. The molecule has 1 aliphatic carbocycles. The predicted molar refractivity (Wildman–Crippen MR) is 140 cm³/mol. The Morgan fingerprint density at radius 2 is 1.86 bits per heavy atom. The van der Waals surface area contributed by atoms with Gasteiger partial charge >= 0.3 is 0 Å². The van der Waals surface area contributed by atoms with Crippen LogP contribution in [0, 0.1) is 12.8 Å². The Labute approximate surface area is 215 Å². The largest absolute Gasteiger partial charge is 0.298 e. The number of hydrogen-bond acceptors (Lipinski definition) is 4. The molecule has 37 heavy (non-hydrogen) atoms. The van der Waals surface area contributed by atoms with Crippen LogP contribution in [0.25, 0.3) is 11.1 Å². The summed E-state index contributed by atoms with van der Waals surface area (Å²) < 4.78 is 28.3. The van der Waals surface area contributed by atoms with Crippen molar-refractivity contribution in [3.8, 4) is 11.1 Å². The first kappa shape index (κ1) is 24.9. The van der Waals surface area contributed by atoms with Gasteiger partial charge in [0.15, 0.2) is 5.78 Å². The Kier molecular flexibility index (Phi) is 6.48. The molecule has 190 valence electrons. The zero-order valence-electron chi connectivity index (χ0n) is 21.2. The van der Waals surface area contributed by atoms with Crippen LogP contribution in [0.2, 0.25) is 0 Å². The van der Waals surface area contributed by atoms with Gasteiger partial charge in [-0.1, -0.05) is 31.2 Å². The molecule has 7 heteroatoms. The summed E-state index contributed by atoms with van der Waals surface area (Å²) in [5.41, 5.74) is 5.71. The highest BCUT2D eigenvalue weighted by atomic mass is 19.3. The predicted octanol–water partition coefficient (Wildman–Crippen LogP) is 6.59. The van der Waals surface area contributed by atoms with Crippen molar-refractivity contribution in [2.75, 3.05) is 5.01 Å². The van der Waals surface area contributed by atoms with Crippen molar-refractivity contribution in [3.63, 3.8) is 0 Å². The zero-order chi connectivity index (χ0) is 26.3. The number of halogens is 2. The number of benzene rings is 2. The molecular formula is C30H29F2N3O2. The van der Waals surface area contributed by atoms with E-state index in [-0.39, 0.29) is 24.2 Å². The summed E-state index contributed by atoms with van der Waals surface area (Å²) in [6.07, 6.45) is 5.41. The van der Waals surface area contributed by atoms with Gasteiger partial charge in [-0.3, -0.25) is 14.6 Å². The number of carbonyl (C=O) groups is 2. The van der Waals surface area contributed by atoms with Crippen LogP contribution in [0.1, 0.15) is 61.3 Å². The number of alkyl halides is 2. The molecule has 1 atom stereocenters. The average Bonchev–Trinajstić information content (AvgIpc) is 3.68. The van der Waals surface area contributed by atoms with Gasteiger partial charge in [-0.2, -0.15) is 10.1 Å². The van der Waals surface area contributed by atoms with E-state index >= 15 is 0 Å². The summed E-state index contributed by atoms with van der Waals surface area (Å²) in [6.45, 7) is 5.09. The molecule has 0 N–H and O–H groups in total. The lowest BCUT2D eigenvalue weighted by Crippen LogP contribution is -2.33. The van der Waals surface area contributed by atoms with Gasteiger partial charge in [0, 0.05) is 30.8 Å². The smallest absolute Gasteiger partial charge is 0.273 e. The third-order valence-corrected chi connectivity index (χ3v) is 7.23. The summed E-state index contributed by atoms with van der Waals surface area (Å²) in [7, 11) is 0. The quantitative estimate of drug-likeness (QED) is 0.327. The minimum atomic E-state index is -2.96. The highest BCUT2D eigenvalue weighted by Crippen LogP contribution is 2.46. The van der Waals surface area contributed by atoms with Crippen molar-refractivity contribution in [3.05, 3.63) is 83.2 Å². The molecule has 1 amide bonds. The van der Waals surface area contributed by atoms with E-state index < -0.39 is 17.7 Å². The number of nitrogens with zero attached hydrogens (tertiary/aromatic N) is 3. The molecule has 3 aromatic rings. The van der Waals surface area contributed by atoms with Crippen molar-refractivity contribution >= 4 is 23.1 Å². The highest BCUT2D eigenvalue weighted by Gasteiger charge is 2.40. The second-order valence-corrected chi connectivity index (χ2v) is 9.96. The molecule has 2 aliphatic rings. The number of aromatic nitrogens is 1. The maximum Gasteiger partial charge on any atom is 0.273 e. The molecule has 1 fully saturated rings. The molecule has 2 heterocycles. The Morgan fingerprint density at radius 1 is 1.08 bits per heavy atom. The molecule has 1 aliphatic heterocycles. The molecule has 0 saturated heterocycles. The standard InChI is InChI=1S/C30H29F2N3O2/c1-4-30(31,32)22-7-5-6-20(14-22)15-27(36)28-19(3)34-35(29(28)37)23-10-11-25(21-8-9-21)26(16-23)24-12-13-33-17-18(24)2/h5-7,10-14,16-17,21,28H,4,8-9,15H2,1-3H3. The van der Waals surface area contributed by atoms with Gasteiger partial charge in [-0.05, 0) is 84.7 Å². The first-order valence-electron chi connectivity index (χ1n) is 12.6. The topological polar surface area (TPSA) is 62.6 Å². The number of aryl methyl sites for hydroxylation is 1. The number of Topliss-reactive ketones (excluding diaryl/α,β-unsaturated/α-hetero) is 1. The Balaban J connectivity index is 1.41. The first-order chi connectivity index (χ1) is 17.7. The number of carbonyl (C=O) groups excluding carboxylic acids is 2. The number of amides is 1. The second-order valence-electron chi connectivity index (χ2n) is 9.96. The van der Waals surface area contributed by atoms with Crippen molar-refractivity contribution < 1.29 is 18.4 Å². The maximum atomic E-state index is 14.2. The third-order valence-electron chi connectivity index (χ3n) is 7.23. The van der Waals surface area contributed by atoms with E-state index in [1.54, 1.807) is 19.2 Å². The van der Waals surface area contributed by atoms with E-state index in [1.807, 2.05) is 31.3 Å². The molecule has 0 radical (unpaired) electrons. The van der Waals surface area contributed by atoms with Crippen LogP contribution in [-0.2, 0) is 21.9 Å². The second kappa shape index (κ2) is 9.61. The highest BCUT2D eigenvalue weighted by molar-refractivity contribution is 6.27. The Hall–Kier alpha value is -3.74. The third kappa shape index (κ3) is 4.82. The van der Waals surface area contributed by atoms with Crippen LogP contribution < -0.4 is 5.01 Å². The molecule has 5 nitrogen and oxygen atoms in total. The van der Waals surface area contributed by atoms with Crippen LogP contribution in [-0.4, -0.2) is 22.4 Å². The summed E-state index contributed by atoms with van der Waals surface area (Å²) >= 11 is 0. The normalized spacial score (nSPS) is 17.8. The van der Waals surface area contributed by atoms with Gasteiger partial charge in [0.05, 0.1) is 11.4 Å². The van der Waals surface area contributed by atoms with Gasteiger partial charge in [0.25, 0.3) is 11.8 Å². The van der Waals surface area contributed by atoms with E-state index in [4.69, 9.17) is 0 Å². The number of hydrogen-bond donors (Lipinski definition) is 0. The van der Waals surface area contributed by atoms with Crippen molar-refractivity contribution in [2.45, 2.75) is 58.3 Å². The van der Waals surface area contributed by atoms with E-state index in [0.717, 1.165) is 29.5 Å². The van der Waals surface area contributed by atoms with Crippen molar-refractivity contribution in [1.29, 1.82) is 0 Å². The summed E-state index contributed by atoms with van der Waals surface area (Å²) in [6, 6.07) is 13.7. The van der Waals surface area contributed by atoms with E-state index in [0.29, 0.717) is 22.9 Å². The molecular weight excluding hydrogens is 472 g/mol. The van der Waals surface area contributed by atoms with E-state index in [2.05, 4.69) is 16.2 Å². The van der Waals surface area contributed by atoms with Gasteiger partial charge in [0.1, 0.15) is 5.92 Å². The SMILES string of the molecule is CCC(F)(F)c1cccc(CC(=O)C2C(=O)N(c3ccc(C4CC4)c(-c4ccncc4C)c3)N=C2C)c1. The molecule has 1 unspecified atom stereocenters. The van der Waals surface area contributed by atoms with Crippen LogP contribution in [0.5, 0.6) is 0 Å². The van der Waals surface area contributed by atoms with Crippen LogP contribution in [0.15, 0.2) is 66.0 Å². The maximum absolute atomic E-state index is 14.2. The lowest BCUT2D eigenvalue weighted by atomic mass is 9.92. The van der Waals surface area contributed by atoms with Crippen LogP contribution in [0.3, 0.4) is 0 Å². The van der Waals surface area contributed by atoms with Crippen molar-refractivity contribution in [2.24, 2.45) is 11.0 Å². The Morgan fingerprint density at radius 3 is 2.57 bits per heavy atom. The lowest BCUT2D eigenvalue weighted by molar-refractivity contribution is -0.128. The van der Waals surface area contributed by atoms with E-state index in [1.165, 1.54) is 35.7 Å². The summed E-state index contributed by atoms with van der Waals surface area (Å²) in [4.78, 5) is 30.8. The summed E-state index contributed by atoms with van der Waals surface area (Å²) in [5.74, 6) is -4.28. The monoisotopic (exact) mass is 501 g/mol. The fraction of sp³-hybridized carbons (Fsp3) is 0.333. The fourth-order valence-electron chi connectivity index (χ4n) is 4.97. The number of rotatable bonds is 8. The van der Waals surface area contributed by atoms with Gasteiger partial charge in [-0.15, -0.1) is 0 Å².